The molecule has 0 aliphatic heterocycles. The summed E-state index contributed by atoms with van der Waals surface area (Å²) in [4.78, 5) is 43.7. The zero-order valence-electron chi connectivity index (χ0n) is 23.1. The highest BCUT2D eigenvalue weighted by atomic mass is 19.1. The lowest BCUT2D eigenvalue weighted by atomic mass is 10.2. The number of fused-ring (bicyclic) bond motifs is 1. The Labute approximate surface area is 237 Å². The zero-order valence-corrected chi connectivity index (χ0v) is 23.1. The van der Waals surface area contributed by atoms with Crippen molar-refractivity contribution in [2.75, 3.05) is 17.2 Å². The number of amides is 1. The lowest BCUT2D eigenvalue weighted by molar-refractivity contribution is 0.102. The first-order chi connectivity index (χ1) is 20.1. The van der Waals surface area contributed by atoms with Crippen LogP contribution < -0.4 is 26.6 Å². The third kappa shape index (κ3) is 5.36. The number of hydrogen-bond acceptors (Lipinski definition) is 9. The molecule has 1 atom stereocenters. The fraction of sp³-hybridized carbons (Fsp3) is 0.259. The number of rotatable bonds is 9. The van der Waals surface area contributed by atoms with Crippen molar-refractivity contribution in [3.8, 4) is 17.2 Å². The van der Waals surface area contributed by atoms with Gasteiger partial charge in [0.15, 0.2) is 23.0 Å². The fourth-order valence-electron chi connectivity index (χ4n) is 4.22. The molecule has 15 heteroatoms. The molecule has 42 heavy (non-hydrogen) atoms. The smallest absolute Gasteiger partial charge is 0.336 e. The quantitative estimate of drug-likeness (QED) is 0.205. The van der Waals surface area contributed by atoms with Gasteiger partial charge < -0.3 is 20.5 Å². The van der Waals surface area contributed by atoms with Crippen molar-refractivity contribution in [3.05, 3.63) is 81.3 Å². The second kappa shape index (κ2) is 11.3. The Morgan fingerprint density at radius 1 is 1.17 bits per heavy atom. The van der Waals surface area contributed by atoms with E-state index in [1.165, 1.54) is 46.2 Å². The highest BCUT2D eigenvalue weighted by molar-refractivity contribution is 6.04. The van der Waals surface area contributed by atoms with Crippen LogP contribution in [0.25, 0.3) is 16.7 Å². The molecule has 5 aromatic rings. The van der Waals surface area contributed by atoms with Crippen LogP contribution in [-0.4, -0.2) is 57.8 Å². The predicted molar refractivity (Wildman–Crippen MR) is 152 cm³/mol. The van der Waals surface area contributed by atoms with E-state index in [9.17, 15) is 19.5 Å². The Balaban J connectivity index is 1.43. The number of aliphatic hydroxyl groups excluding tert-OH is 1. The summed E-state index contributed by atoms with van der Waals surface area (Å²) in [5.74, 6) is -1.14. The lowest BCUT2D eigenvalue weighted by Gasteiger charge is -2.15. The maximum atomic E-state index is 15.2. The van der Waals surface area contributed by atoms with Gasteiger partial charge >= 0.3 is 5.69 Å². The van der Waals surface area contributed by atoms with Gasteiger partial charge in [0.1, 0.15) is 16.7 Å². The zero-order chi connectivity index (χ0) is 30.1. The molecule has 14 nitrogen and oxygen atoms in total. The Morgan fingerprint density at radius 2 is 1.95 bits per heavy atom. The molecule has 4 aromatic heterocycles. The van der Waals surface area contributed by atoms with E-state index in [-0.39, 0.29) is 47.1 Å². The van der Waals surface area contributed by atoms with Gasteiger partial charge in [-0.1, -0.05) is 0 Å². The van der Waals surface area contributed by atoms with E-state index in [4.69, 9.17) is 4.74 Å². The van der Waals surface area contributed by atoms with Crippen LogP contribution in [0.3, 0.4) is 0 Å². The van der Waals surface area contributed by atoms with Crippen LogP contribution in [0.4, 0.5) is 15.9 Å². The number of hydrogen-bond donors (Lipinski definition) is 4. The molecule has 4 heterocycles. The van der Waals surface area contributed by atoms with Gasteiger partial charge in [0.05, 0.1) is 18.5 Å². The molecule has 0 spiro atoms. The minimum Gasteiger partial charge on any atom is -0.453 e. The summed E-state index contributed by atoms with van der Waals surface area (Å²) in [5, 5.41) is 26.3. The number of carbonyl (C=O) groups is 1. The highest BCUT2D eigenvalue weighted by Crippen LogP contribution is 2.34. The molecule has 5 rings (SSSR count). The number of carbonyl (C=O) groups excluding carboxylic acids is 1. The van der Waals surface area contributed by atoms with E-state index in [0.29, 0.717) is 16.9 Å². The second-order valence-electron chi connectivity index (χ2n) is 9.87. The SMILES string of the molecule is CC(CO)Nc1n[nH]c2nccc(Oc3ccc(NC(=O)c4cn(C(C)C)c(=O)n(-c5cnn(C)c5)c4=O)cc3F)c12. The third-order valence-electron chi connectivity index (χ3n) is 6.35. The van der Waals surface area contributed by atoms with E-state index in [1.54, 1.807) is 33.9 Å². The van der Waals surface area contributed by atoms with E-state index < -0.39 is 23.0 Å². The molecule has 0 fully saturated rings. The number of aromatic amines is 1. The van der Waals surface area contributed by atoms with Crippen molar-refractivity contribution >= 4 is 28.4 Å². The first-order valence-corrected chi connectivity index (χ1v) is 12.9. The number of nitrogens with zero attached hydrogens (tertiary/aromatic N) is 6. The fourth-order valence-corrected chi connectivity index (χ4v) is 4.22. The first-order valence-electron chi connectivity index (χ1n) is 12.9. The molecule has 1 amide bonds. The number of aliphatic hydroxyl groups is 1. The molecule has 0 bridgehead atoms. The number of aryl methyl sites for hydroxylation is 1. The number of pyridine rings is 1. The van der Waals surface area contributed by atoms with Crippen LogP contribution in [0, 0.1) is 5.82 Å². The number of H-pyrrole nitrogens is 1. The number of ether oxygens (including phenoxy) is 1. The second-order valence-corrected chi connectivity index (χ2v) is 9.87. The average molecular weight is 578 g/mol. The van der Waals surface area contributed by atoms with Crippen molar-refractivity contribution < 1.29 is 19.0 Å². The van der Waals surface area contributed by atoms with Gasteiger partial charge in [0.25, 0.3) is 11.5 Å². The summed E-state index contributed by atoms with van der Waals surface area (Å²) in [6.07, 6.45) is 5.48. The van der Waals surface area contributed by atoms with Gasteiger partial charge in [-0.15, -0.1) is 0 Å². The predicted octanol–water partition coefficient (Wildman–Crippen LogP) is 2.56. The van der Waals surface area contributed by atoms with Gasteiger partial charge in [-0.25, -0.2) is 18.7 Å². The molecule has 4 N–H and O–H groups in total. The Morgan fingerprint density at radius 3 is 2.62 bits per heavy atom. The molecule has 1 unspecified atom stereocenters. The molecular formula is C27H28FN9O5. The largest absolute Gasteiger partial charge is 0.453 e. The summed E-state index contributed by atoms with van der Waals surface area (Å²) in [6.45, 7) is 5.10. The molecular weight excluding hydrogens is 549 g/mol. The Bertz CT molecular complexity index is 1910. The maximum Gasteiger partial charge on any atom is 0.336 e. The summed E-state index contributed by atoms with van der Waals surface area (Å²) in [7, 11) is 1.63. The van der Waals surface area contributed by atoms with Crippen molar-refractivity contribution in [2.24, 2.45) is 7.05 Å². The van der Waals surface area contributed by atoms with Crippen LogP contribution in [0.1, 0.15) is 37.2 Å². The van der Waals surface area contributed by atoms with Crippen LogP contribution in [0.2, 0.25) is 0 Å². The number of benzene rings is 1. The van der Waals surface area contributed by atoms with Gasteiger partial charge in [-0.3, -0.25) is 23.9 Å². The number of nitrogens with one attached hydrogen (secondary N) is 3. The molecule has 0 saturated heterocycles. The standard InChI is InChI=1S/C27H28FN9O5/c1-14(2)36-12-18(26(40)37(27(36)41)17-10-30-35(4)11-17)25(39)32-16-5-6-20(19(28)9-16)42-21-7-8-29-23-22(21)24(34-33-23)31-15(3)13-38/h5-12,14-15,38H,13H2,1-4H3,(H,32,39)(H2,29,31,33,34). The van der Waals surface area contributed by atoms with Crippen molar-refractivity contribution in [1.29, 1.82) is 0 Å². The highest BCUT2D eigenvalue weighted by Gasteiger charge is 2.21. The van der Waals surface area contributed by atoms with E-state index in [0.717, 1.165) is 10.6 Å². The number of aromatic nitrogens is 7. The van der Waals surface area contributed by atoms with Crippen molar-refractivity contribution in [1.82, 2.24) is 34.1 Å². The molecule has 0 radical (unpaired) electrons. The van der Waals surface area contributed by atoms with Crippen LogP contribution in [0.5, 0.6) is 11.5 Å². The van der Waals surface area contributed by atoms with Crippen LogP contribution in [-0.2, 0) is 7.05 Å². The molecule has 218 valence electrons. The number of anilines is 2. The molecule has 0 saturated carbocycles. The number of halogens is 1. The molecule has 1 aromatic carbocycles. The average Bonchev–Trinajstić information content (AvgIpc) is 3.56. The van der Waals surface area contributed by atoms with Gasteiger partial charge in [-0.05, 0) is 32.9 Å². The minimum atomic E-state index is -0.843. The van der Waals surface area contributed by atoms with E-state index >= 15 is 4.39 Å². The Kier molecular flexibility index (Phi) is 7.58. The molecule has 0 aliphatic rings. The van der Waals surface area contributed by atoms with Gasteiger partial charge in [0, 0.05) is 55.5 Å². The molecule has 0 aliphatic carbocycles. The van der Waals surface area contributed by atoms with Crippen molar-refractivity contribution in [2.45, 2.75) is 32.9 Å². The van der Waals surface area contributed by atoms with E-state index in [2.05, 4.69) is 30.9 Å². The monoisotopic (exact) mass is 577 g/mol. The lowest BCUT2D eigenvalue weighted by Crippen LogP contribution is -2.42. The maximum absolute atomic E-state index is 15.2. The Hall–Kier alpha value is -5.31. The summed E-state index contributed by atoms with van der Waals surface area (Å²) < 4.78 is 24.6. The van der Waals surface area contributed by atoms with Crippen LogP contribution >= 0.6 is 0 Å². The first kappa shape index (κ1) is 28.2. The van der Waals surface area contributed by atoms with Crippen molar-refractivity contribution in [3.63, 3.8) is 0 Å². The normalized spacial score (nSPS) is 12.1. The summed E-state index contributed by atoms with van der Waals surface area (Å²) in [5.41, 5.74) is -1.13. The van der Waals surface area contributed by atoms with Gasteiger partial charge in [0.2, 0.25) is 0 Å². The van der Waals surface area contributed by atoms with Gasteiger partial charge in [-0.2, -0.15) is 10.2 Å². The van der Waals surface area contributed by atoms with Crippen LogP contribution in [0.15, 0.2) is 58.6 Å². The summed E-state index contributed by atoms with van der Waals surface area (Å²) in [6, 6.07) is 4.65. The summed E-state index contributed by atoms with van der Waals surface area (Å²) >= 11 is 0. The van der Waals surface area contributed by atoms with E-state index in [1.807, 2.05) is 0 Å². The third-order valence-corrected chi connectivity index (χ3v) is 6.35. The topological polar surface area (TPSA) is 174 Å². The minimum absolute atomic E-state index is 0.0572.